The second-order valence-electron chi connectivity index (χ2n) is 5.16. The van der Waals surface area contributed by atoms with Gasteiger partial charge in [-0.25, -0.2) is 8.42 Å². The summed E-state index contributed by atoms with van der Waals surface area (Å²) in [6, 6.07) is 11.3. The minimum absolute atomic E-state index is 0.0143. The standard InChI is InChI=1S/C16H15ClN2O4S/c1-18-12-5-3-4-6-13(12)19(16(20)10-17)14-9-11(23-2)7-8-15(14)24(18,21)22/h3-9H,10H2,1-2H3. The number of anilines is 3. The van der Waals surface area contributed by atoms with Crippen LogP contribution in [0.3, 0.4) is 0 Å². The Balaban J connectivity index is 2.43. The van der Waals surface area contributed by atoms with Crippen molar-refractivity contribution in [3.63, 3.8) is 0 Å². The molecule has 0 atom stereocenters. The van der Waals surface area contributed by atoms with Gasteiger partial charge in [0.1, 0.15) is 16.5 Å². The van der Waals surface area contributed by atoms with Crippen LogP contribution < -0.4 is 13.9 Å². The van der Waals surface area contributed by atoms with Gasteiger partial charge in [0.2, 0.25) is 5.91 Å². The van der Waals surface area contributed by atoms with Crippen LogP contribution in [0.2, 0.25) is 0 Å². The van der Waals surface area contributed by atoms with Gasteiger partial charge in [0.25, 0.3) is 10.0 Å². The number of ether oxygens (including phenoxy) is 1. The van der Waals surface area contributed by atoms with E-state index in [9.17, 15) is 13.2 Å². The number of fused-ring (bicyclic) bond motifs is 2. The summed E-state index contributed by atoms with van der Waals surface area (Å²) in [4.78, 5) is 13.8. The van der Waals surface area contributed by atoms with E-state index in [0.29, 0.717) is 17.1 Å². The van der Waals surface area contributed by atoms with Gasteiger partial charge in [0, 0.05) is 13.1 Å². The van der Waals surface area contributed by atoms with E-state index >= 15 is 0 Å². The van der Waals surface area contributed by atoms with Gasteiger partial charge in [-0.15, -0.1) is 11.6 Å². The molecule has 0 saturated heterocycles. The van der Waals surface area contributed by atoms with Gasteiger partial charge in [-0.1, -0.05) is 12.1 Å². The van der Waals surface area contributed by atoms with Crippen molar-refractivity contribution in [1.82, 2.24) is 0 Å². The topological polar surface area (TPSA) is 66.9 Å². The van der Waals surface area contributed by atoms with Crippen molar-refractivity contribution in [2.24, 2.45) is 0 Å². The van der Waals surface area contributed by atoms with Crippen LogP contribution >= 0.6 is 11.6 Å². The van der Waals surface area contributed by atoms with Gasteiger partial charge in [0.15, 0.2) is 0 Å². The first-order valence-electron chi connectivity index (χ1n) is 7.06. The van der Waals surface area contributed by atoms with Gasteiger partial charge in [-0.3, -0.25) is 14.0 Å². The summed E-state index contributed by atoms with van der Waals surface area (Å²) in [7, 11) is -0.901. The van der Waals surface area contributed by atoms with Crippen molar-refractivity contribution in [2.45, 2.75) is 4.90 Å². The van der Waals surface area contributed by atoms with Gasteiger partial charge in [0.05, 0.1) is 24.2 Å². The van der Waals surface area contributed by atoms with E-state index in [1.165, 1.54) is 31.2 Å². The van der Waals surface area contributed by atoms with Crippen molar-refractivity contribution in [2.75, 3.05) is 29.2 Å². The van der Waals surface area contributed by atoms with Crippen molar-refractivity contribution in [3.8, 4) is 5.75 Å². The van der Waals surface area contributed by atoms with Crippen LogP contribution in [0, 0.1) is 0 Å². The number of hydrogen-bond acceptors (Lipinski definition) is 4. The lowest BCUT2D eigenvalue weighted by Gasteiger charge is -2.23. The molecular formula is C16H15ClN2O4S. The Hall–Kier alpha value is -2.25. The maximum Gasteiger partial charge on any atom is 0.266 e. The predicted molar refractivity (Wildman–Crippen MR) is 92.9 cm³/mol. The zero-order chi connectivity index (χ0) is 17.5. The van der Waals surface area contributed by atoms with Crippen molar-refractivity contribution in [1.29, 1.82) is 0 Å². The number of benzene rings is 2. The molecule has 0 N–H and O–H groups in total. The molecule has 3 rings (SSSR count). The first-order valence-corrected chi connectivity index (χ1v) is 9.04. The molecule has 126 valence electrons. The number of rotatable bonds is 2. The van der Waals surface area contributed by atoms with E-state index < -0.39 is 15.9 Å². The third kappa shape index (κ3) is 2.40. The van der Waals surface area contributed by atoms with Gasteiger partial charge in [-0.05, 0) is 24.3 Å². The quantitative estimate of drug-likeness (QED) is 0.766. The van der Waals surface area contributed by atoms with E-state index in [1.807, 2.05) is 0 Å². The minimum Gasteiger partial charge on any atom is -0.497 e. The van der Waals surface area contributed by atoms with Crippen LogP contribution in [0.15, 0.2) is 47.4 Å². The van der Waals surface area contributed by atoms with Crippen LogP contribution in [-0.2, 0) is 14.8 Å². The zero-order valence-corrected chi connectivity index (χ0v) is 14.6. The number of halogens is 1. The summed E-state index contributed by atoms with van der Waals surface area (Å²) in [6.45, 7) is 0. The van der Waals surface area contributed by atoms with Crippen LogP contribution in [0.5, 0.6) is 5.75 Å². The monoisotopic (exact) mass is 366 g/mol. The first-order chi connectivity index (χ1) is 11.4. The molecule has 0 bridgehead atoms. The fourth-order valence-corrected chi connectivity index (χ4v) is 4.15. The van der Waals surface area contributed by atoms with Crippen molar-refractivity contribution >= 4 is 44.6 Å². The molecule has 0 spiro atoms. The zero-order valence-electron chi connectivity index (χ0n) is 13.1. The van der Waals surface area contributed by atoms with E-state index in [1.54, 1.807) is 30.3 Å². The summed E-state index contributed by atoms with van der Waals surface area (Å²) >= 11 is 5.77. The first kappa shape index (κ1) is 16.6. The van der Waals surface area contributed by atoms with Gasteiger partial charge < -0.3 is 4.74 Å². The minimum atomic E-state index is -3.83. The van der Waals surface area contributed by atoms with Crippen LogP contribution in [0.4, 0.5) is 17.1 Å². The number of amides is 1. The van der Waals surface area contributed by atoms with Gasteiger partial charge >= 0.3 is 0 Å². The van der Waals surface area contributed by atoms with Gasteiger partial charge in [-0.2, -0.15) is 0 Å². The smallest absolute Gasteiger partial charge is 0.266 e. The number of methoxy groups -OCH3 is 1. The average Bonchev–Trinajstić information content (AvgIpc) is 2.67. The highest BCUT2D eigenvalue weighted by molar-refractivity contribution is 7.93. The van der Waals surface area contributed by atoms with E-state index in [2.05, 4.69) is 0 Å². The van der Waals surface area contributed by atoms with Crippen LogP contribution in [-0.4, -0.2) is 34.4 Å². The third-order valence-electron chi connectivity index (χ3n) is 3.87. The molecule has 2 aromatic carbocycles. The van der Waals surface area contributed by atoms with Crippen molar-refractivity contribution < 1.29 is 17.9 Å². The van der Waals surface area contributed by atoms with E-state index in [-0.39, 0.29) is 16.5 Å². The average molecular weight is 367 g/mol. The highest BCUT2D eigenvalue weighted by Gasteiger charge is 2.36. The molecule has 0 aromatic heterocycles. The fourth-order valence-electron chi connectivity index (χ4n) is 2.67. The second kappa shape index (κ2) is 5.99. The molecule has 2 aromatic rings. The number of nitrogens with zero attached hydrogens (tertiary/aromatic N) is 2. The number of hydrogen-bond donors (Lipinski definition) is 0. The number of sulfonamides is 1. The number of alkyl halides is 1. The number of para-hydroxylation sites is 2. The Morgan fingerprint density at radius 1 is 1.12 bits per heavy atom. The summed E-state index contributed by atoms with van der Waals surface area (Å²) in [5, 5.41) is 0. The highest BCUT2D eigenvalue weighted by atomic mass is 35.5. The normalized spacial score (nSPS) is 15.3. The Morgan fingerprint density at radius 3 is 2.42 bits per heavy atom. The summed E-state index contributed by atoms with van der Waals surface area (Å²) in [6.07, 6.45) is 0. The second-order valence-corrected chi connectivity index (χ2v) is 7.36. The Bertz CT molecular complexity index is 914. The third-order valence-corrected chi connectivity index (χ3v) is 5.92. The summed E-state index contributed by atoms with van der Waals surface area (Å²) in [5.41, 5.74) is 1.06. The molecular weight excluding hydrogens is 352 g/mol. The highest BCUT2D eigenvalue weighted by Crippen LogP contribution is 2.44. The van der Waals surface area contributed by atoms with E-state index in [0.717, 1.165) is 4.31 Å². The molecule has 24 heavy (non-hydrogen) atoms. The Morgan fingerprint density at radius 2 is 1.79 bits per heavy atom. The predicted octanol–water partition coefficient (Wildman–Crippen LogP) is 2.74. The van der Waals surface area contributed by atoms with Crippen LogP contribution in [0.25, 0.3) is 0 Å². The molecule has 1 amide bonds. The lowest BCUT2D eigenvalue weighted by molar-refractivity contribution is -0.115. The molecule has 1 aliphatic rings. The summed E-state index contributed by atoms with van der Waals surface area (Å²) in [5.74, 6) is -0.267. The summed E-state index contributed by atoms with van der Waals surface area (Å²) < 4.78 is 32.3. The number of carbonyl (C=O) groups excluding carboxylic acids is 1. The van der Waals surface area contributed by atoms with Crippen LogP contribution in [0.1, 0.15) is 0 Å². The lowest BCUT2D eigenvalue weighted by Crippen LogP contribution is -2.27. The molecule has 1 aliphatic heterocycles. The van der Waals surface area contributed by atoms with E-state index in [4.69, 9.17) is 16.3 Å². The Kier molecular flexibility index (Phi) is 4.15. The molecule has 6 nitrogen and oxygen atoms in total. The molecule has 0 unspecified atom stereocenters. The molecule has 1 heterocycles. The molecule has 0 fully saturated rings. The maximum atomic E-state index is 13.0. The molecule has 0 saturated carbocycles. The maximum absolute atomic E-state index is 13.0. The van der Waals surface area contributed by atoms with Crippen molar-refractivity contribution in [3.05, 3.63) is 42.5 Å². The Labute approximate surface area is 145 Å². The fraction of sp³-hybridized carbons (Fsp3) is 0.188. The lowest BCUT2D eigenvalue weighted by atomic mass is 10.2. The SMILES string of the molecule is COc1ccc2c(c1)N(C(=O)CCl)c1ccccc1N(C)S2(=O)=O. The molecule has 8 heteroatoms. The largest absolute Gasteiger partial charge is 0.497 e. The number of carbonyl (C=O) groups is 1. The molecule has 0 radical (unpaired) electrons. The molecule has 0 aliphatic carbocycles.